The highest BCUT2D eigenvalue weighted by Gasteiger charge is 2.14. The van der Waals surface area contributed by atoms with Crippen molar-refractivity contribution in [2.24, 2.45) is 5.10 Å². The summed E-state index contributed by atoms with van der Waals surface area (Å²) in [4.78, 5) is 15.4. The quantitative estimate of drug-likeness (QED) is 0.629. The Bertz CT molecular complexity index is 687. The average Bonchev–Trinajstić information content (AvgIpc) is 2.54. The van der Waals surface area contributed by atoms with Gasteiger partial charge in [-0.05, 0) is 24.3 Å². The summed E-state index contributed by atoms with van der Waals surface area (Å²) in [5.41, 5.74) is 2.89. The first kappa shape index (κ1) is 15.3. The third-order valence-electron chi connectivity index (χ3n) is 2.83. The summed E-state index contributed by atoms with van der Waals surface area (Å²) in [6, 6.07) is 8.44. The summed E-state index contributed by atoms with van der Waals surface area (Å²) >= 11 is 0. The Morgan fingerprint density at radius 1 is 1.27 bits per heavy atom. The van der Waals surface area contributed by atoms with Crippen LogP contribution >= 0.6 is 0 Å². The second-order valence-electron chi connectivity index (χ2n) is 4.14. The lowest BCUT2D eigenvalue weighted by molar-refractivity contribution is -0.255. The van der Waals surface area contributed by atoms with Gasteiger partial charge in [-0.25, -0.2) is 4.98 Å². The molecule has 22 heavy (non-hydrogen) atoms. The second-order valence-corrected chi connectivity index (χ2v) is 4.14. The van der Waals surface area contributed by atoms with Crippen LogP contribution in [0.25, 0.3) is 0 Å². The van der Waals surface area contributed by atoms with Gasteiger partial charge in [0, 0.05) is 11.8 Å². The minimum absolute atomic E-state index is 0.0873. The van der Waals surface area contributed by atoms with Crippen molar-refractivity contribution in [2.75, 3.05) is 19.6 Å². The summed E-state index contributed by atoms with van der Waals surface area (Å²) in [6.07, 6.45) is 2.96. The second kappa shape index (κ2) is 7.07. The first-order chi connectivity index (χ1) is 10.7. The van der Waals surface area contributed by atoms with Crippen molar-refractivity contribution in [3.8, 4) is 11.5 Å². The number of aromatic nitrogens is 1. The van der Waals surface area contributed by atoms with E-state index in [0.29, 0.717) is 17.1 Å². The van der Waals surface area contributed by atoms with E-state index in [1.54, 1.807) is 36.5 Å². The molecule has 1 aromatic carbocycles. The van der Waals surface area contributed by atoms with Gasteiger partial charge < -0.3 is 19.4 Å². The van der Waals surface area contributed by atoms with Crippen molar-refractivity contribution in [3.05, 3.63) is 47.7 Å². The number of benzene rings is 1. The highest BCUT2D eigenvalue weighted by atomic mass is 16.5. The van der Waals surface area contributed by atoms with Gasteiger partial charge in [0.2, 0.25) is 0 Å². The highest BCUT2D eigenvalue weighted by molar-refractivity contribution is 6.01. The lowest BCUT2D eigenvalue weighted by atomic mass is 10.1. The first-order valence-electron chi connectivity index (χ1n) is 6.33. The van der Waals surface area contributed by atoms with Crippen molar-refractivity contribution >= 4 is 18.0 Å². The molecule has 0 spiro atoms. The smallest absolute Gasteiger partial charge is 0.170 e. The molecule has 7 nitrogen and oxygen atoms in total. The third-order valence-corrected chi connectivity index (χ3v) is 2.83. The van der Waals surface area contributed by atoms with Crippen LogP contribution < -0.4 is 20.0 Å². The number of hydrazone groups is 1. The molecule has 0 aliphatic rings. The van der Waals surface area contributed by atoms with Crippen LogP contribution in [-0.2, 0) is 0 Å². The van der Waals surface area contributed by atoms with Crippen LogP contribution in [-0.4, -0.2) is 31.4 Å². The zero-order chi connectivity index (χ0) is 15.9. The van der Waals surface area contributed by atoms with Gasteiger partial charge in [0.1, 0.15) is 5.82 Å². The predicted molar refractivity (Wildman–Crippen MR) is 79.3 cm³/mol. The molecule has 0 unspecified atom stereocenters. The number of hydrogen-bond donors (Lipinski definition) is 1. The van der Waals surface area contributed by atoms with Crippen molar-refractivity contribution < 1.29 is 19.4 Å². The van der Waals surface area contributed by atoms with Crippen LogP contribution in [0.15, 0.2) is 41.6 Å². The van der Waals surface area contributed by atoms with Crippen LogP contribution in [0.3, 0.4) is 0 Å². The standard InChI is InChI=1S/C15H15N3O4/c1-21-11-7-6-10(13(15(19)20)14(11)22-2)9-17-18-12-5-3-4-8-16-12/h3-9H,1-2H3,(H,16,18)(H,19,20)/p-1/b17-9-. The molecule has 1 heterocycles. The lowest BCUT2D eigenvalue weighted by Gasteiger charge is -2.15. The van der Waals surface area contributed by atoms with Gasteiger partial charge in [-0.2, -0.15) is 5.10 Å². The molecule has 0 amide bonds. The van der Waals surface area contributed by atoms with Crippen LogP contribution in [0, 0.1) is 0 Å². The van der Waals surface area contributed by atoms with E-state index in [9.17, 15) is 9.90 Å². The third kappa shape index (κ3) is 3.32. The Kier molecular flexibility index (Phi) is 4.92. The summed E-state index contributed by atoms with van der Waals surface area (Å²) in [5, 5.41) is 15.3. The van der Waals surface area contributed by atoms with E-state index >= 15 is 0 Å². The number of carbonyl (C=O) groups is 1. The topological polar surface area (TPSA) is 95.9 Å². The van der Waals surface area contributed by atoms with E-state index in [2.05, 4.69) is 15.5 Å². The number of methoxy groups -OCH3 is 2. The minimum Gasteiger partial charge on any atom is -0.545 e. The molecule has 0 saturated carbocycles. The van der Waals surface area contributed by atoms with E-state index in [4.69, 9.17) is 9.47 Å². The van der Waals surface area contributed by atoms with Crippen LogP contribution in [0.4, 0.5) is 5.82 Å². The van der Waals surface area contributed by atoms with Crippen LogP contribution in [0.2, 0.25) is 0 Å². The molecule has 0 aliphatic carbocycles. The Labute approximate surface area is 127 Å². The Hall–Kier alpha value is -3.09. The van der Waals surface area contributed by atoms with Crippen molar-refractivity contribution in [3.63, 3.8) is 0 Å². The molecule has 2 rings (SSSR count). The fourth-order valence-electron chi connectivity index (χ4n) is 1.86. The number of carbonyl (C=O) groups excluding carboxylic acids is 1. The molecule has 0 aliphatic heterocycles. The largest absolute Gasteiger partial charge is 0.545 e. The van der Waals surface area contributed by atoms with Crippen molar-refractivity contribution in [1.82, 2.24) is 4.98 Å². The number of ether oxygens (including phenoxy) is 2. The van der Waals surface area contributed by atoms with E-state index in [0.717, 1.165) is 0 Å². The molecule has 0 saturated heterocycles. The number of carboxylic acid groups (broad SMARTS) is 1. The number of anilines is 1. The Morgan fingerprint density at radius 3 is 2.68 bits per heavy atom. The normalized spacial score (nSPS) is 10.5. The number of hydrogen-bond acceptors (Lipinski definition) is 7. The number of rotatable bonds is 6. The molecule has 114 valence electrons. The van der Waals surface area contributed by atoms with Gasteiger partial charge >= 0.3 is 0 Å². The molecule has 1 N–H and O–H groups in total. The van der Waals surface area contributed by atoms with Crippen LogP contribution in [0.1, 0.15) is 15.9 Å². The SMILES string of the molecule is COc1ccc(/C=N\Nc2ccccn2)c(C(=O)[O-])c1OC. The van der Waals surface area contributed by atoms with Crippen molar-refractivity contribution in [2.45, 2.75) is 0 Å². The average molecular weight is 300 g/mol. The number of aromatic carboxylic acids is 1. The van der Waals surface area contributed by atoms with Gasteiger partial charge in [-0.1, -0.05) is 6.07 Å². The maximum absolute atomic E-state index is 11.4. The van der Waals surface area contributed by atoms with Gasteiger partial charge in [0.25, 0.3) is 0 Å². The van der Waals surface area contributed by atoms with E-state index in [1.165, 1.54) is 20.4 Å². The summed E-state index contributed by atoms with van der Waals surface area (Å²) in [7, 11) is 2.78. The van der Waals surface area contributed by atoms with Gasteiger partial charge in [-0.3, -0.25) is 5.43 Å². The monoisotopic (exact) mass is 300 g/mol. The fourth-order valence-corrected chi connectivity index (χ4v) is 1.86. The summed E-state index contributed by atoms with van der Waals surface area (Å²) in [6.45, 7) is 0. The number of carboxylic acids is 1. The van der Waals surface area contributed by atoms with Crippen molar-refractivity contribution in [1.29, 1.82) is 0 Å². The molecule has 0 atom stereocenters. The van der Waals surface area contributed by atoms with Crippen LogP contribution in [0.5, 0.6) is 11.5 Å². The molecule has 0 fully saturated rings. The van der Waals surface area contributed by atoms with Gasteiger partial charge in [0.15, 0.2) is 11.5 Å². The lowest BCUT2D eigenvalue weighted by Crippen LogP contribution is -2.25. The number of pyridine rings is 1. The summed E-state index contributed by atoms with van der Waals surface area (Å²) < 4.78 is 10.2. The molecular formula is C15H14N3O4-. The van der Waals surface area contributed by atoms with E-state index in [-0.39, 0.29) is 11.3 Å². The Morgan fingerprint density at radius 2 is 2.09 bits per heavy atom. The van der Waals surface area contributed by atoms with E-state index < -0.39 is 5.97 Å². The molecule has 7 heteroatoms. The van der Waals surface area contributed by atoms with E-state index in [1.807, 2.05) is 0 Å². The Balaban J connectivity index is 2.32. The van der Waals surface area contributed by atoms with Gasteiger partial charge in [-0.15, -0.1) is 0 Å². The zero-order valence-corrected chi connectivity index (χ0v) is 12.1. The molecule has 2 aromatic rings. The number of nitrogens with zero attached hydrogens (tertiary/aromatic N) is 2. The first-order valence-corrected chi connectivity index (χ1v) is 6.33. The fraction of sp³-hybridized carbons (Fsp3) is 0.133. The molecule has 1 aromatic heterocycles. The molecule has 0 bridgehead atoms. The summed E-state index contributed by atoms with van der Waals surface area (Å²) in [5.74, 6) is -0.454. The molecular weight excluding hydrogens is 286 g/mol. The maximum atomic E-state index is 11.4. The zero-order valence-electron chi connectivity index (χ0n) is 12.1. The highest BCUT2D eigenvalue weighted by Crippen LogP contribution is 2.32. The predicted octanol–water partition coefficient (Wildman–Crippen LogP) is 0.908. The molecule has 0 radical (unpaired) electrons. The van der Waals surface area contributed by atoms with Gasteiger partial charge in [0.05, 0.1) is 32.0 Å². The minimum atomic E-state index is -1.38. The maximum Gasteiger partial charge on any atom is 0.170 e. The number of nitrogens with one attached hydrogen (secondary N) is 1.